The zero-order valence-electron chi connectivity index (χ0n) is 12.1. The zero-order valence-corrected chi connectivity index (χ0v) is 12.1. The van der Waals surface area contributed by atoms with Gasteiger partial charge in [-0.25, -0.2) is 0 Å². The normalized spacial score (nSPS) is 25.8. The molecule has 0 bridgehead atoms. The van der Waals surface area contributed by atoms with Crippen LogP contribution in [0.1, 0.15) is 13.3 Å². The average Bonchev–Trinajstić information content (AvgIpc) is 2.82. The van der Waals surface area contributed by atoms with Crippen LogP contribution < -0.4 is 5.32 Å². The molecular formula is C13H28N2O3. The molecule has 0 aromatic rings. The predicted molar refractivity (Wildman–Crippen MR) is 72.0 cm³/mol. The summed E-state index contributed by atoms with van der Waals surface area (Å²) >= 11 is 0. The van der Waals surface area contributed by atoms with E-state index < -0.39 is 0 Å². The first kappa shape index (κ1) is 15.9. The molecule has 0 aromatic heterocycles. The number of hydrogen-bond acceptors (Lipinski definition) is 5. The molecule has 1 N–H and O–H groups in total. The lowest BCUT2D eigenvalue weighted by atomic mass is 10.1. The SMILES string of the molecule is COCCN(CC1CC(OC)CN1)C(C)COC. The van der Waals surface area contributed by atoms with Crippen LogP contribution in [0.25, 0.3) is 0 Å². The molecule has 1 fully saturated rings. The van der Waals surface area contributed by atoms with E-state index in [1.807, 2.05) is 0 Å². The van der Waals surface area contributed by atoms with E-state index in [4.69, 9.17) is 14.2 Å². The highest BCUT2D eigenvalue weighted by molar-refractivity contribution is 4.85. The molecule has 0 aliphatic carbocycles. The van der Waals surface area contributed by atoms with Crippen molar-refractivity contribution in [1.82, 2.24) is 10.2 Å². The number of methoxy groups -OCH3 is 3. The molecule has 3 unspecified atom stereocenters. The van der Waals surface area contributed by atoms with Crippen LogP contribution in [-0.2, 0) is 14.2 Å². The average molecular weight is 260 g/mol. The van der Waals surface area contributed by atoms with Gasteiger partial charge in [0.1, 0.15) is 0 Å². The first-order chi connectivity index (χ1) is 8.71. The molecule has 1 saturated heterocycles. The molecule has 0 amide bonds. The number of hydrogen-bond donors (Lipinski definition) is 1. The van der Waals surface area contributed by atoms with Crippen molar-refractivity contribution in [1.29, 1.82) is 0 Å². The minimum absolute atomic E-state index is 0.358. The highest BCUT2D eigenvalue weighted by atomic mass is 16.5. The Bertz CT molecular complexity index is 216. The summed E-state index contributed by atoms with van der Waals surface area (Å²) in [5.74, 6) is 0. The third-order valence-corrected chi connectivity index (χ3v) is 3.58. The second kappa shape index (κ2) is 8.82. The lowest BCUT2D eigenvalue weighted by Crippen LogP contribution is -2.45. The molecule has 0 aromatic carbocycles. The standard InChI is InChI=1S/C13H28N2O3/c1-11(10-17-3)15(5-6-16-2)9-12-7-13(18-4)8-14-12/h11-14H,5-10H2,1-4H3. The molecule has 108 valence electrons. The molecule has 5 nitrogen and oxygen atoms in total. The maximum Gasteiger partial charge on any atom is 0.0711 e. The van der Waals surface area contributed by atoms with Crippen LogP contribution >= 0.6 is 0 Å². The van der Waals surface area contributed by atoms with Gasteiger partial charge < -0.3 is 19.5 Å². The minimum atomic E-state index is 0.358. The Morgan fingerprint density at radius 3 is 2.61 bits per heavy atom. The summed E-state index contributed by atoms with van der Waals surface area (Å²) in [6, 6.07) is 0.916. The third-order valence-electron chi connectivity index (χ3n) is 3.58. The number of nitrogens with zero attached hydrogens (tertiary/aromatic N) is 1. The Morgan fingerprint density at radius 1 is 1.28 bits per heavy atom. The second-order valence-electron chi connectivity index (χ2n) is 4.99. The van der Waals surface area contributed by atoms with E-state index in [0.29, 0.717) is 18.2 Å². The van der Waals surface area contributed by atoms with Gasteiger partial charge >= 0.3 is 0 Å². The topological polar surface area (TPSA) is 43.0 Å². The van der Waals surface area contributed by atoms with Crippen LogP contribution in [-0.4, -0.2) is 77.3 Å². The van der Waals surface area contributed by atoms with Crippen molar-refractivity contribution in [3.63, 3.8) is 0 Å². The fourth-order valence-electron chi connectivity index (χ4n) is 2.43. The molecule has 1 rings (SSSR count). The van der Waals surface area contributed by atoms with E-state index in [-0.39, 0.29) is 0 Å². The summed E-state index contributed by atoms with van der Waals surface area (Å²) in [5.41, 5.74) is 0. The molecular weight excluding hydrogens is 232 g/mol. The Balaban J connectivity index is 2.39. The molecule has 0 radical (unpaired) electrons. The molecule has 1 aliphatic rings. The Labute approximate surface area is 111 Å². The molecule has 18 heavy (non-hydrogen) atoms. The van der Waals surface area contributed by atoms with E-state index in [1.165, 1.54) is 0 Å². The van der Waals surface area contributed by atoms with Crippen molar-refractivity contribution in [3.05, 3.63) is 0 Å². The van der Waals surface area contributed by atoms with Crippen molar-refractivity contribution in [2.45, 2.75) is 31.5 Å². The van der Waals surface area contributed by atoms with Crippen LogP contribution in [0.4, 0.5) is 0 Å². The highest BCUT2D eigenvalue weighted by Gasteiger charge is 2.26. The summed E-state index contributed by atoms with van der Waals surface area (Å²) in [7, 11) is 5.28. The van der Waals surface area contributed by atoms with E-state index in [0.717, 1.165) is 39.3 Å². The first-order valence-electron chi connectivity index (χ1n) is 6.69. The van der Waals surface area contributed by atoms with Crippen LogP contribution in [0.2, 0.25) is 0 Å². The highest BCUT2D eigenvalue weighted by Crippen LogP contribution is 2.12. The van der Waals surface area contributed by atoms with E-state index in [1.54, 1.807) is 21.3 Å². The number of rotatable bonds is 9. The monoisotopic (exact) mass is 260 g/mol. The smallest absolute Gasteiger partial charge is 0.0711 e. The molecule has 0 spiro atoms. The Hall–Kier alpha value is -0.200. The molecule has 1 aliphatic heterocycles. The van der Waals surface area contributed by atoms with Crippen molar-refractivity contribution < 1.29 is 14.2 Å². The van der Waals surface area contributed by atoms with Gasteiger partial charge in [-0.2, -0.15) is 0 Å². The summed E-state index contributed by atoms with van der Waals surface area (Å²) in [5, 5.41) is 3.51. The Morgan fingerprint density at radius 2 is 2.06 bits per heavy atom. The Kier molecular flexibility index (Phi) is 7.77. The molecule has 1 heterocycles. The van der Waals surface area contributed by atoms with Gasteiger partial charge in [-0.3, -0.25) is 4.90 Å². The van der Waals surface area contributed by atoms with Crippen LogP contribution in [0.15, 0.2) is 0 Å². The van der Waals surface area contributed by atoms with Crippen molar-refractivity contribution in [2.24, 2.45) is 0 Å². The van der Waals surface area contributed by atoms with Gasteiger partial charge in [-0.05, 0) is 13.3 Å². The summed E-state index contributed by atoms with van der Waals surface area (Å²) < 4.78 is 15.8. The first-order valence-corrected chi connectivity index (χ1v) is 6.69. The fourth-order valence-corrected chi connectivity index (χ4v) is 2.43. The van der Waals surface area contributed by atoms with Gasteiger partial charge in [0, 0.05) is 53.0 Å². The predicted octanol–water partition coefficient (Wildman–Crippen LogP) is 0.347. The maximum absolute atomic E-state index is 5.38. The van der Waals surface area contributed by atoms with Crippen molar-refractivity contribution in [3.8, 4) is 0 Å². The lowest BCUT2D eigenvalue weighted by Gasteiger charge is -2.30. The van der Waals surface area contributed by atoms with Crippen molar-refractivity contribution >= 4 is 0 Å². The summed E-state index contributed by atoms with van der Waals surface area (Å²) in [4.78, 5) is 2.42. The van der Waals surface area contributed by atoms with Crippen molar-refractivity contribution in [2.75, 3.05) is 54.2 Å². The van der Waals surface area contributed by atoms with Crippen LogP contribution in [0.5, 0.6) is 0 Å². The zero-order chi connectivity index (χ0) is 13.4. The van der Waals surface area contributed by atoms with Gasteiger partial charge in [0.25, 0.3) is 0 Å². The summed E-state index contributed by atoms with van der Waals surface area (Å²) in [6.45, 7) is 6.63. The second-order valence-corrected chi connectivity index (χ2v) is 4.99. The molecule has 5 heteroatoms. The minimum Gasteiger partial charge on any atom is -0.383 e. The molecule has 0 saturated carbocycles. The van der Waals surface area contributed by atoms with Gasteiger partial charge in [-0.1, -0.05) is 0 Å². The van der Waals surface area contributed by atoms with Gasteiger partial charge in [0.2, 0.25) is 0 Å². The maximum atomic E-state index is 5.38. The van der Waals surface area contributed by atoms with E-state index in [9.17, 15) is 0 Å². The number of nitrogens with one attached hydrogen (secondary N) is 1. The van der Waals surface area contributed by atoms with Gasteiger partial charge in [0.15, 0.2) is 0 Å². The molecule has 3 atom stereocenters. The van der Waals surface area contributed by atoms with E-state index in [2.05, 4.69) is 17.1 Å². The fraction of sp³-hybridized carbons (Fsp3) is 1.00. The quantitative estimate of drug-likeness (QED) is 0.648. The lowest BCUT2D eigenvalue weighted by molar-refractivity contribution is 0.0676. The van der Waals surface area contributed by atoms with Crippen LogP contribution in [0, 0.1) is 0 Å². The number of ether oxygens (including phenoxy) is 3. The van der Waals surface area contributed by atoms with E-state index >= 15 is 0 Å². The van der Waals surface area contributed by atoms with Gasteiger partial charge in [0.05, 0.1) is 19.3 Å². The van der Waals surface area contributed by atoms with Crippen LogP contribution in [0.3, 0.4) is 0 Å². The summed E-state index contributed by atoms with van der Waals surface area (Å²) in [6.07, 6.45) is 1.44. The largest absolute Gasteiger partial charge is 0.383 e. The third kappa shape index (κ3) is 5.20. The van der Waals surface area contributed by atoms with Gasteiger partial charge in [-0.15, -0.1) is 0 Å².